The van der Waals surface area contributed by atoms with Gasteiger partial charge in [0.15, 0.2) is 0 Å². The normalized spacial score (nSPS) is 21.4. The maximum atomic E-state index is 10.9. The molecule has 2 rings (SSSR count). The molecule has 1 aliphatic rings. The summed E-state index contributed by atoms with van der Waals surface area (Å²) in [5, 5.41) is 12.6. The zero-order valence-corrected chi connectivity index (χ0v) is 8.63. The van der Waals surface area contributed by atoms with Crippen LogP contribution in [0.2, 0.25) is 0 Å². The molecule has 0 amide bonds. The number of rotatable bonds is 2. The maximum Gasteiger partial charge on any atom is 0.375 e. The average molecular weight is 213 g/mol. The van der Waals surface area contributed by atoms with Crippen LogP contribution >= 0.6 is 11.8 Å². The number of carboxylic acids is 1. The van der Waals surface area contributed by atoms with Crippen molar-refractivity contribution in [1.29, 1.82) is 0 Å². The summed E-state index contributed by atoms with van der Waals surface area (Å²) < 4.78 is 4.81. The number of aryl methyl sites for hydroxylation is 1. The van der Waals surface area contributed by atoms with Gasteiger partial charge in [0.1, 0.15) is 0 Å². The van der Waals surface area contributed by atoms with Crippen LogP contribution < -0.4 is 0 Å². The standard InChI is InChI=1S/C9H11NO3S/c1-5-7(6-2-3-14-4-6)8(9(11)12)13-10-5/h6H,2-4H2,1H3,(H,11,12). The monoisotopic (exact) mass is 213 g/mol. The molecule has 1 aromatic rings. The summed E-state index contributed by atoms with van der Waals surface area (Å²) in [6, 6.07) is 0. The molecule has 1 aliphatic heterocycles. The molecule has 14 heavy (non-hydrogen) atoms. The maximum absolute atomic E-state index is 10.9. The molecule has 0 aliphatic carbocycles. The second-order valence-corrected chi connectivity index (χ2v) is 4.53. The van der Waals surface area contributed by atoms with Gasteiger partial charge in [0.2, 0.25) is 5.76 Å². The smallest absolute Gasteiger partial charge is 0.375 e. The summed E-state index contributed by atoms with van der Waals surface area (Å²) in [5.74, 6) is 1.38. The van der Waals surface area contributed by atoms with Crippen molar-refractivity contribution < 1.29 is 14.4 Å². The lowest BCUT2D eigenvalue weighted by molar-refractivity contribution is 0.0649. The van der Waals surface area contributed by atoms with Gasteiger partial charge in [0, 0.05) is 11.3 Å². The lowest BCUT2D eigenvalue weighted by atomic mass is 9.97. The molecule has 1 saturated heterocycles. The molecule has 5 heteroatoms. The number of aromatic carboxylic acids is 1. The van der Waals surface area contributed by atoms with Gasteiger partial charge in [-0.3, -0.25) is 0 Å². The third-order valence-electron chi connectivity index (χ3n) is 2.44. The Bertz CT molecular complexity index is 355. The molecule has 0 saturated carbocycles. The number of hydrogen-bond acceptors (Lipinski definition) is 4. The molecule has 0 spiro atoms. The van der Waals surface area contributed by atoms with Gasteiger partial charge in [-0.2, -0.15) is 11.8 Å². The van der Waals surface area contributed by atoms with Crippen LogP contribution in [0, 0.1) is 6.92 Å². The fraction of sp³-hybridized carbons (Fsp3) is 0.556. The van der Waals surface area contributed by atoms with E-state index in [1.165, 1.54) is 0 Å². The summed E-state index contributed by atoms with van der Waals surface area (Å²) in [6.07, 6.45) is 1.02. The predicted octanol–water partition coefficient (Wildman–Crippen LogP) is 1.90. The van der Waals surface area contributed by atoms with Crippen LogP contribution in [0.5, 0.6) is 0 Å². The Morgan fingerprint density at radius 1 is 1.71 bits per heavy atom. The van der Waals surface area contributed by atoms with E-state index < -0.39 is 5.97 Å². The van der Waals surface area contributed by atoms with Gasteiger partial charge in [-0.05, 0) is 25.0 Å². The van der Waals surface area contributed by atoms with Crippen molar-refractivity contribution in [2.75, 3.05) is 11.5 Å². The van der Waals surface area contributed by atoms with Gasteiger partial charge in [-0.25, -0.2) is 4.79 Å². The highest BCUT2D eigenvalue weighted by atomic mass is 32.2. The van der Waals surface area contributed by atoms with Crippen LogP contribution in [-0.2, 0) is 0 Å². The Kier molecular flexibility index (Phi) is 2.50. The van der Waals surface area contributed by atoms with Gasteiger partial charge in [0.25, 0.3) is 0 Å². The van der Waals surface area contributed by atoms with E-state index in [9.17, 15) is 4.79 Å². The van der Waals surface area contributed by atoms with E-state index in [1.807, 2.05) is 11.8 Å². The number of carboxylic acid groups (broad SMARTS) is 1. The summed E-state index contributed by atoms with van der Waals surface area (Å²) in [4.78, 5) is 10.9. The Morgan fingerprint density at radius 2 is 2.50 bits per heavy atom. The average Bonchev–Trinajstić information content (AvgIpc) is 2.71. The number of thioether (sulfide) groups is 1. The molecular weight excluding hydrogens is 202 g/mol. The molecule has 1 fully saturated rings. The van der Waals surface area contributed by atoms with Crippen LogP contribution in [0.4, 0.5) is 0 Å². The molecule has 1 unspecified atom stereocenters. The van der Waals surface area contributed by atoms with Crippen molar-refractivity contribution in [3.05, 3.63) is 17.0 Å². The Morgan fingerprint density at radius 3 is 3.07 bits per heavy atom. The number of aromatic nitrogens is 1. The largest absolute Gasteiger partial charge is 0.475 e. The number of carbonyl (C=O) groups is 1. The molecule has 1 N–H and O–H groups in total. The Labute approximate surface area is 85.7 Å². The summed E-state index contributed by atoms with van der Waals surface area (Å²) >= 11 is 1.85. The van der Waals surface area contributed by atoms with Crippen molar-refractivity contribution in [1.82, 2.24) is 5.16 Å². The van der Waals surface area contributed by atoms with Crippen LogP contribution in [0.1, 0.15) is 34.2 Å². The minimum atomic E-state index is -1.02. The Hall–Kier alpha value is -0.970. The minimum absolute atomic E-state index is 0.0231. The fourth-order valence-corrected chi connectivity index (χ4v) is 3.01. The van der Waals surface area contributed by atoms with Crippen molar-refractivity contribution in [2.24, 2.45) is 0 Å². The third kappa shape index (κ3) is 1.52. The van der Waals surface area contributed by atoms with Crippen LogP contribution in [-0.4, -0.2) is 27.7 Å². The fourth-order valence-electron chi connectivity index (χ4n) is 1.77. The zero-order chi connectivity index (χ0) is 10.1. The quantitative estimate of drug-likeness (QED) is 0.812. The topological polar surface area (TPSA) is 63.3 Å². The second-order valence-electron chi connectivity index (χ2n) is 3.38. The van der Waals surface area contributed by atoms with E-state index in [0.717, 1.165) is 29.2 Å². The molecule has 2 heterocycles. The summed E-state index contributed by atoms with van der Waals surface area (Å²) in [5.41, 5.74) is 1.51. The first kappa shape index (κ1) is 9.58. The van der Waals surface area contributed by atoms with Gasteiger partial charge in [0.05, 0.1) is 5.69 Å². The number of hydrogen-bond donors (Lipinski definition) is 1. The van der Waals surface area contributed by atoms with E-state index in [0.29, 0.717) is 5.92 Å². The SMILES string of the molecule is Cc1noc(C(=O)O)c1C1CCSC1. The highest BCUT2D eigenvalue weighted by molar-refractivity contribution is 7.99. The molecule has 0 bridgehead atoms. The van der Waals surface area contributed by atoms with Gasteiger partial charge in [-0.15, -0.1) is 0 Å². The van der Waals surface area contributed by atoms with E-state index in [1.54, 1.807) is 6.92 Å². The molecular formula is C9H11NO3S. The van der Waals surface area contributed by atoms with Crippen molar-refractivity contribution in [3.8, 4) is 0 Å². The molecule has 1 aromatic heterocycles. The van der Waals surface area contributed by atoms with Crippen LogP contribution in [0.25, 0.3) is 0 Å². The molecule has 0 aromatic carbocycles. The Balaban J connectivity index is 2.38. The zero-order valence-electron chi connectivity index (χ0n) is 7.82. The van der Waals surface area contributed by atoms with E-state index in [4.69, 9.17) is 9.63 Å². The van der Waals surface area contributed by atoms with Crippen molar-refractivity contribution in [3.63, 3.8) is 0 Å². The van der Waals surface area contributed by atoms with Gasteiger partial charge < -0.3 is 9.63 Å². The first-order valence-electron chi connectivity index (χ1n) is 4.47. The second kappa shape index (κ2) is 3.65. The van der Waals surface area contributed by atoms with Crippen LogP contribution in [0.3, 0.4) is 0 Å². The number of nitrogens with zero attached hydrogens (tertiary/aromatic N) is 1. The predicted molar refractivity (Wildman–Crippen MR) is 52.9 cm³/mol. The van der Waals surface area contributed by atoms with Gasteiger partial charge in [-0.1, -0.05) is 5.16 Å². The van der Waals surface area contributed by atoms with E-state index in [-0.39, 0.29) is 5.76 Å². The van der Waals surface area contributed by atoms with Crippen LogP contribution in [0.15, 0.2) is 4.52 Å². The van der Waals surface area contributed by atoms with E-state index in [2.05, 4.69) is 5.16 Å². The lowest BCUT2D eigenvalue weighted by Crippen LogP contribution is -2.05. The van der Waals surface area contributed by atoms with Crippen molar-refractivity contribution >= 4 is 17.7 Å². The third-order valence-corrected chi connectivity index (χ3v) is 3.60. The minimum Gasteiger partial charge on any atom is -0.475 e. The first-order valence-corrected chi connectivity index (χ1v) is 5.63. The first-order chi connectivity index (χ1) is 6.70. The van der Waals surface area contributed by atoms with Gasteiger partial charge >= 0.3 is 5.97 Å². The molecule has 76 valence electrons. The van der Waals surface area contributed by atoms with E-state index >= 15 is 0 Å². The highest BCUT2D eigenvalue weighted by Gasteiger charge is 2.28. The molecule has 4 nitrogen and oxygen atoms in total. The van der Waals surface area contributed by atoms with Crippen molar-refractivity contribution in [2.45, 2.75) is 19.3 Å². The summed E-state index contributed by atoms with van der Waals surface area (Å²) in [6.45, 7) is 1.80. The lowest BCUT2D eigenvalue weighted by Gasteiger charge is -2.06. The molecule has 1 atom stereocenters. The highest BCUT2D eigenvalue weighted by Crippen LogP contribution is 2.35. The molecule has 0 radical (unpaired) electrons. The summed E-state index contributed by atoms with van der Waals surface area (Å²) in [7, 11) is 0.